The first-order valence-corrected chi connectivity index (χ1v) is 20.5. The minimum atomic E-state index is -0.701. The summed E-state index contributed by atoms with van der Waals surface area (Å²) < 4.78 is 4.84. The second-order valence-electron chi connectivity index (χ2n) is 15.9. The maximum absolute atomic E-state index is 13.4. The molecule has 1 unspecified atom stereocenters. The lowest BCUT2D eigenvalue weighted by atomic mass is 10.0. The van der Waals surface area contributed by atoms with Crippen molar-refractivity contribution in [3.8, 4) is 11.3 Å². The summed E-state index contributed by atoms with van der Waals surface area (Å²) in [6, 6.07) is 18.1. The monoisotopic (exact) mass is 794 g/mol. The average Bonchev–Trinajstić information content (AvgIpc) is 3.68. The van der Waals surface area contributed by atoms with E-state index in [2.05, 4.69) is 72.0 Å². The molecule has 3 fully saturated rings. The number of rotatable bonds is 10. The van der Waals surface area contributed by atoms with E-state index >= 15 is 0 Å². The minimum Gasteiger partial charge on any atom is -0.385 e. The first kappa shape index (κ1) is 36.8. The Morgan fingerprint density at radius 2 is 1.76 bits per heavy atom. The molecule has 16 nitrogen and oxygen atoms in total. The van der Waals surface area contributed by atoms with Gasteiger partial charge in [0.15, 0.2) is 17.2 Å². The third-order valence-electron chi connectivity index (χ3n) is 12.3. The van der Waals surface area contributed by atoms with Gasteiger partial charge in [-0.15, -0.1) is 5.10 Å². The van der Waals surface area contributed by atoms with Crippen LogP contribution in [0.1, 0.15) is 53.3 Å². The molecule has 10 rings (SSSR count). The van der Waals surface area contributed by atoms with Gasteiger partial charge in [-0.25, -0.2) is 14.3 Å². The van der Waals surface area contributed by atoms with Crippen molar-refractivity contribution in [3.63, 3.8) is 0 Å². The van der Waals surface area contributed by atoms with Crippen molar-refractivity contribution in [2.45, 2.75) is 50.6 Å². The molecule has 59 heavy (non-hydrogen) atoms. The Morgan fingerprint density at radius 3 is 2.56 bits per heavy atom. The second kappa shape index (κ2) is 14.7. The Hall–Kier alpha value is -6.55. The Morgan fingerprint density at radius 1 is 0.932 bits per heavy atom. The fourth-order valence-corrected chi connectivity index (χ4v) is 9.05. The van der Waals surface area contributed by atoms with Crippen LogP contribution in [-0.4, -0.2) is 104 Å². The highest BCUT2D eigenvalue weighted by molar-refractivity contribution is 6.00. The Balaban J connectivity index is 0.832. The van der Waals surface area contributed by atoms with Crippen molar-refractivity contribution < 1.29 is 14.4 Å². The van der Waals surface area contributed by atoms with Crippen LogP contribution in [0.2, 0.25) is 0 Å². The molecule has 4 aromatic heterocycles. The number of imide groups is 1. The van der Waals surface area contributed by atoms with E-state index < -0.39 is 11.9 Å². The second-order valence-corrected chi connectivity index (χ2v) is 15.9. The highest BCUT2D eigenvalue weighted by Crippen LogP contribution is 2.40. The lowest BCUT2D eigenvalue weighted by Crippen LogP contribution is -2.47. The summed E-state index contributed by atoms with van der Waals surface area (Å²) in [6.45, 7) is 5.11. The highest BCUT2D eigenvalue weighted by Gasteiger charge is 2.32. The van der Waals surface area contributed by atoms with Gasteiger partial charge in [0.05, 0.1) is 28.6 Å². The van der Waals surface area contributed by atoms with Gasteiger partial charge < -0.3 is 20.4 Å². The number of benzene rings is 2. The SMILES string of the molecule is CNc1cc(N2CCc3c(-c4cc(N5CCN(CCc6cccc7c6n(C)c(=O)n7C6CCC(=O)NC6=O)CC5)ccn4)cccc32)nn2c(C(=O)NC3CC3)cnc12. The van der Waals surface area contributed by atoms with Gasteiger partial charge in [-0.2, -0.15) is 0 Å². The molecule has 2 saturated heterocycles. The molecule has 16 heteroatoms. The number of fused-ring (bicyclic) bond motifs is 3. The standard InChI is InChI=1S/C43H46N12O4/c1-44-32-24-37(49-55-36(25-46-40(32)55)42(58)47-27-9-10-27)53-18-15-30-29(6-4-7-33(30)53)31-23-28(13-16-45-31)52-21-19-51(20-22-52)17-14-26-5-3-8-34-39(26)50(2)43(59)54(34)35-11-12-38(56)48-41(35)57/h3-8,13,16,23-25,27,35,44H,9-12,14-15,17-22H2,1-2H3,(H,47,58)(H,48,56,57). The number of pyridine rings is 1. The molecule has 3 amide bonds. The molecule has 1 atom stereocenters. The summed E-state index contributed by atoms with van der Waals surface area (Å²) in [4.78, 5) is 67.5. The largest absolute Gasteiger partial charge is 0.385 e. The third kappa shape index (κ3) is 6.56. The molecule has 6 aromatic rings. The first-order chi connectivity index (χ1) is 28.7. The van der Waals surface area contributed by atoms with Gasteiger partial charge in [0.25, 0.3) is 5.91 Å². The van der Waals surface area contributed by atoms with Crippen LogP contribution < -0.4 is 31.4 Å². The molecule has 4 aliphatic rings. The molecule has 0 spiro atoms. The van der Waals surface area contributed by atoms with E-state index in [0.717, 1.165) is 116 Å². The van der Waals surface area contributed by atoms with Crippen molar-refractivity contribution in [3.05, 3.63) is 94.3 Å². The van der Waals surface area contributed by atoms with Crippen LogP contribution in [-0.2, 0) is 29.5 Å². The van der Waals surface area contributed by atoms with Gasteiger partial charge in [0.1, 0.15) is 6.04 Å². The van der Waals surface area contributed by atoms with Crippen molar-refractivity contribution in [2.24, 2.45) is 7.05 Å². The summed E-state index contributed by atoms with van der Waals surface area (Å²) in [7, 11) is 3.61. The fraction of sp³-hybridized carbons (Fsp3) is 0.372. The van der Waals surface area contributed by atoms with Gasteiger partial charge in [-0.3, -0.25) is 38.7 Å². The number of aromatic nitrogens is 6. The van der Waals surface area contributed by atoms with Crippen LogP contribution in [0.25, 0.3) is 27.9 Å². The molecule has 1 saturated carbocycles. The maximum atomic E-state index is 13.4. The van der Waals surface area contributed by atoms with E-state index in [1.54, 1.807) is 26.9 Å². The molecular formula is C43H46N12O4. The van der Waals surface area contributed by atoms with E-state index in [-0.39, 0.29) is 30.0 Å². The number of aryl methyl sites for hydroxylation is 1. The molecular weight excluding hydrogens is 749 g/mol. The molecule has 0 radical (unpaired) electrons. The lowest BCUT2D eigenvalue weighted by Gasteiger charge is -2.36. The predicted molar refractivity (Wildman–Crippen MR) is 224 cm³/mol. The van der Waals surface area contributed by atoms with Crippen LogP contribution in [0.3, 0.4) is 0 Å². The molecule has 3 N–H and O–H groups in total. The number of para-hydroxylation sites is 1. The van der Waals surface area contributed by atoms with E-state index in [1.807, 2.05) is 31.4 Å². The number of hydrogen-bond donors (Lipinski definition) is 3. The molecule has 302 valence electrons. The quantitative estimate of drug-likeness (QED) is 0.174. The van der Waals surface area contributed by atoms with Crippen LogP contribution in [0.4, 0.5) is 22.9 Å². The van der Waals surface area contributed by atoms with Gasteiger partial charge in [-0.05, 0) is 67.5 Å². The topological polar surface area (TPSA) is 167 Å². The predicted octanol–water partition coefficient (Wildman–Crippen LogP) is 3.42. The van der Waals surface area contributed by atoms with Crippen molar-refractivity contribution in [1.82, 2.24) is 44.2 Å². The molecule has 3 aliphatic heterocycles. The number of hydrogen-bond acceptors (Lipinski definition) is 11. The summed E-state index contributed by atoms with van der Waals surface area (Å²) in [5.41, 5.74) is 9.65. The summed E-state index contributed by atoms with van der Waals surface area (Å²) in [6.07, 6.45) is 7.62. The maximum Gasteiger partial charge on any atom is 0.329 e. The van der Waals surface area contributed by atoms with Crippen molar-refractivity contribution in [1.29, 1.82) is 0 Å². The zero-order chi connectivity index (χ0) is 40.4. The van der Waals surface area contributed by atoms with Gasteiger partial charge >= 0.3 is 5.69 Å². The summed E-state index contributed by atoms with van der Waals surface area (Å²) >= 11 is 0. The van der Waals surface area contributed by atoms with Crippen LogP contribution in [0, 0.1) is 0 Å². The Labute approximate surface area is 339 Å². The number of nitrogens with one attached hydrogen (secondary N) is 3. The lowest BCUT2D eigenvalue weighted by molar-refractivity contribution is -0.135. The highest BCUT2D eigenvalue weighted by atomic mass is 16.2. The number of amides is 3. The van der Waals surface area contributed by atoms with Crippen LogP contribution in [0.15, 0.2) is 71.8 Å². The summed E-state index contributed by atoms with van der Waals surface area (Å²) in [5.74, 6) is -0.147. The van der Waals surface area contributed by atoms with Crippen molar-refractivity contribution >= 4 is 57.3 Å². The number of piperidine rings is 1. The fourth-order valence-electron chi connectivity index (χ4n) is 9.05. The van der Waals surface area contributed by atoms with E-state index in [4.69, 9.17) is 10.1 Å². The minimum absolute atomic E-state index is 0.161. The number of anilines is 4. The zero-order valence-corrected chi connectivity index (χ0v) is 33.1. The number of carbonyl (C=O) groups is 3. The average molecular weight is 795 g/mol. The van der Waals surface area contributed by atoms with E-state index in [9.17, 15) is 19.2 Å². The zero-order valence-electron chi connectivity index (χ0n) is 33.1. The molecule has 0 bridgehead atoms. The van der Waals surface area contributed by atoms with E-state index in [0.29, 0.717) is 17.8 Å². The third-order valence-corrected chi connectivity index (χ3v) is 12.3. The number of nitrogens with zero attached hydrogens (tertiary/aromatic N) is 9. The molecule has 1 aliphatic carbocycles. The molecule has 2 aromatic carbocycles. The Kier molecular flexibility index (Phi) is 9.15. The number of imidazole rings is 2. The van der Waals surface area contributed by atoms with Gasteiger partial charge in [0.2, 0.25) is 11.8 Å². The van der Waals surface area contributed by atoms with Crippen LogP contribution >= 0.6 is 0 Å². The van der Waals surface area contributed by atoms with E-state index in [1.165, 1.54) is 5.56 Å². The number of carbonyl (C=O) groups excluding carboxylic acids is 3. The van der Waals surface area contributed by atoms with Crippen LogP contribution in [0.5, 0.6) is 0 Å². The van der Waals surface area contributed by atoms with Gasteiger partial charge in [0, 0.05) is 95.0 Å². The summed E-state index contributed by atoms with van der Waals surface area (Å²) in [5, 5.41) is 13.7. The molecule has 7 heterocycles. The Bertz CT molecular complexity index is 2720. The first-order valence-electron chi connectivity index (χ1n) is 20.5. The van der Waals surface area contributed by atoms with Crippen molar-refractivity contribution in [2.75, 3.05) is 61.4 Å². The smallest absolute Gasteiger partial charge is 0.329 e. The van der Waals surface area contributed by atoms with Gasteiger partial charge in [-0.1, -0.05) is 24.3 Å². The number of piperazine rings is 1. The normalized spacial score (nSPS) is 18.4.